The summed E-state index contributed by atoms with van der Waals surface area (Å²) in [6.45, 7) is -2.86. The molecular weight excluding hydrogens is 517 g/mol. The molecule has 2 aliphatic heterocycles. The third-order valence-corrected chi connectivity index (χ3v) is 7.56. The van der Waals surface area contributed by atoms with Crippen LogP contribution in [0.5, 0.6) is 0 Å². The number of carbonyl (C=O) groups is 1. The zero-order valence-electron chi connectivity index (χ0n) is 15.3. The normalized spacial score (nSPS) is 23.4. The van der Waals surface area contributed by atoms with Gasteiger partial charge in [-0.15, -0.1) is 0 Å². The van der Waals surface area contributed by atoms with E-state index in [1.54, 1.807) is 0 Å². The average Bonchev–Trinajstić information content (AvgIpc) is 3.05. The smallest absolute Gasteiger partial charge is 0.474 e. The first kappa shape index (κ1) is 26.9. The van der Waals surface area contributed by atoms with Crippen LogP contribution >= 0.6 is 0 Å². The predicted octanol–water partition coefficient (Wildman–Crippen LogP) is 1.29. The molecule has 2 rings (SSSR count). The van der Waals surface area contributed by atoms with Crippen LogP contribution in [0.25, 0.3) is 4.72 Å². The molecule has 1 atom stereocenters. The fraction of sp³-hybridized carbons (Fsp3) is 0.917. The second kappa shape index (κ2) is 8.13. The zero-order chi connectivity index (χ0) is 25.0. The van der Waals surface area contributed by atoms with E-state index < -0.39 is 81.0 Å². The van der Waals surface area contributed by atoms with Crippen LogP contribution in [-0.2, 0) is 29.6 Å². The van der Waals surface area contributed by atoms with Gasteiger partial charge in [0, 0.05) is 32.6 Å². The Balaban J connectivity index is 2.25. The van der Waals surface area contributed by atoms with Gasteiger partial charge in [0.05, 0.1) is 6.61 Å². The highest BCUT2D eigenvalue weighted by molar-refractivity contribution is 7.94. The highest BCUT2D eigenvalue weighted by Gasteiger charge is 2.75. The number of hydrogen-bond donors (Lipinski definition) is 0. The first-order valence-corrected chi connectivity index (χ1v) is 11.2. The van der Waals surface area contributed by atoms with Crippen LogP contribution in [0, 0.1) is 0 Å². The molecule has 1 unspecified atom stereocenters. The molecule has 0 saturated carbocycles. The first-order chi connectivity index (χ1) is 14.2. The van der Waals surface area contributed by atoms with Gasteiger partial charge in [0.2, 0.25) is 0 Å². The molecule has 2 fully saturated rings. The fourth-order valence-electron chi connectivity index (χ4n) is 2.83. The molecule has 2 aliphatic rings. The number of nitrogens with zero attached hydrogens (tertiary/aromatic N) is 3. The number of piperazine rings is 1. The number of halogens is 9. The molecule has 2 saturated heterocycles. The fourth-order valence-corrected chi connectivity index (χ4v) is 4.77. The van der Waals surface area contributed by atoms with Crippen LogP contribution < -0.4 is 0 Å². The number of hydrogen-bond acceptors (Lipinski definition) is 7. The van der Waals surface area contributed by atoms with E-state index in [9.17, 15) is 61.1 Å². The van der Waals surface area contributed by atoms with Crippen molar-refractivity contribution in [3.8, 4) is 0 Å². The van der Waals surface area contributed by atoms with Crippen LogP contribution in [-0.4, -0.2) is 93.6 Å². The Labute approximate surface area is 174 Å². The highest BCUT2D eigenvalue weighted by Crippen LogP contribution is 2.53. The van der Waals surface area contributed by atoms with Crippen LogP contribution in [0.3, 0.4) is 0 Å². The molecule has 188 valence electrons. The minimum Gasteiger partial charge on any atom is -0.474 e. The van der Waals surface area contributed by atoms with Crippen molar-refractivity contribution in [1.29, 1.82) is 0 Å². The lowest BCUT2D eigenvalue weighted by molar-refractivity contribution is -0.262. The number of rotatable bonds is 7. The van der Waals surface area contributed by atoms with Crippen molar-refractivity contribution in [2.75, 3.05) is 32.8 Å². The van der Waals surface area contributed by atoms with Crippen molar-refractivity contribution >= 4 is 26.0 Å². The quantitative estimate of drug-likeness (QED) is 0.277. The molecule has 0 aromatic heterocycles. The maximum Gasteiger partial charge on any atom is 0.480 e. The van der Waals surface area contributed by atoms with Crippen LogP contribution in [0.4, 0.5) is 39.5 Å². The lowest BCUT2D eigenvalue weighted by atomic mass is 10.2. The number of cyclic esters (lactones) is 1. The molecule has 0 aromatic carbocycles. The number of alkyl halides is 9. The molecule has 0 bridgehead atoms. The minimum absolute atomic E-state index is 0.0196. The van der Waals surface area contributed by atoms with Gasteiger partial charge in [-0.3, -0.25) is 9.69 Å². The van der Waals surface area contributed by atoms with Crippen molar-refractivity contribution in [3.63, 3.8) is 0 Å². The summed E-state index contributed by atoms with van der Waals surface area (Å²) in [7, 11) is -14.1. The van der Waals surface area contributed by atoms with E-state index in [2.05, 4.69) is 4.74 Å². The van der Waals surface area contributed by atoms with E-state index in [-0.39, 0.29) is 17.3 Å². The van der Waals surface area contributed by atoms with Gasteiger partial charge >= 0.3 is 22.7 Å². The van der Waals surface area contributed by atoms with Crippen molar-refractivity contribution in [3.05, 3.63) is 4.72 Å². The van der Waals surface area contributed by atoms with E-state index in [4.69, 9.17) is 0 Å². The van der Waals surface area contributed by atoms with Crippen molar-refractivity contribution in [1.82, 2.24) is 9.21 Å². The van der Waals surface area contributed by atoms with Crippen molar-refractivity contribution < 1.29 is 65.9 Å². The Hall–Kier alpha value is -1.38. The van der Waals surface area contributed by atoms with Gasteiger partial charge in [0.1, 0.15) is 6.04 Å². The molecule has 0 aromatic rings. The van der Waals surface area contributed by atoms with Gasteiger partial charge in [0.25, 0.3) is 16.1 Å². The van der Waals surface area contributed by atoms with Crippen LogP contribution in [0.15, 0.2) is 0 Å². The van der Waals surface area contributed by atoms with Gasteiger partial charge in [-0.05, 0) is 0 Å². The van der Waals surface area contributed by atoms with Crippen molar-refractivity contribution in [2.24, 2.45) is 0 Å². The summed E-state index contributed by atoms with van der Waals surface area (Å²) in [5, 5.41) is -6.76. The van der Waals surface area contributed by atoms with E-state index in [1.165, 1.54) is 4.90 Å². The molecule has 0 aliphatic carbocycles. The van der Waals surface area contributed by atoms with E-state index in [0.29, 0.717) is 4.72 Å². The Morgan fingerprint density at radius 1 is 0.875 bits per heavy atom. The van der Waals surface area contributed by atoms with E-state index >= 15 is 0 Å². The van der Waals surface area contributed by atoms with Crippen molar-refractivity contribution in [2.45, 2.75) is 35.2 Å². The third kappa shape index (κ3) is 4.38. The maximum atomic E-state index is 14.1. The number of esters is 1. The second-order valence-electron chi connectivity index (χ2n) is 6.56. The Bertz CT molecular complexity index is 946. The molecular formula is C12H13F9N3O6S2-. The van der Waals surface area contributed by atoms with Gasteiger partial charge < -0.3 is 9.46 Å². The SMILES string of the molecule is O=C1OCCC1N1CCN(S(=O)(=O)C(F)(F)C(F)(F)C(F)(F)[N-]S(=O)(=O)C(F)(F)F)CC1. The molecule has 20 heteroatoms. The second-order valence-corrected chi connectivity index (χ2v) is 10.1. The molecule has 9 nitrogen and oxygen atoms in total. The summed E-state index contributed by atoms with van der Waals surface area (Å²) < 4.78 is 169. The molecule has 2 heterocycles. The Morgan fingerprint density at radius 2 is 1.38 bits per heavy atom. The maximum absolute atomic E-state index is 14.1. The lowest BCUT2D eigenvalue weighted by Crippen LogP contribution is -2.63. The summed E-state index contributed by atoms with van der Waals surface area (Å²) in [4.78, 5) is 12.8. The van der Waals surface area contributed by atoms with Gasteiger partial charge in [-0.2, -0.15) is 35.0 Å². The van der Waals surface area contributed by atoms with Gasteiger partial charge in [-0.25, -0.2) is 25.6 Å². The third-order valence-electron chi connectivity index (χ3n) is 4.56. The highest BCUT2D eigenvalue weighted by atomic mass is 32.2. The number of sulfonamides is 2. The molecule has 0 amide bonds. The molecule has 32 heavy (non-hydrogen) atoms. The topological polar surface area (TPSA) is 115 Å². The Kier molecular flexibility index (Phi) is 6.83. The van der Waals surface area contributed by atoms with Gasteiger partial charge in [-0.1, -0.05) is 0 Å². The molecule has 0 radical (unpaired) electrons. The summed E-state index contributed by atoms with van der Waals surface area (Å²) >= 11 is 0. The summed E-state index contributed by atoms with van der Waals surface area (Å²) in [6, 6.07) is -7.84. The summed E-state index contributed by atoms with van der Waals surface area (Å²) in [5.74, 6) is -7.89. The predicted molar refractivity (Wildman–Crippen MR) is 84.6 cm³/mol. The first-order valence-electron chi connectivity index (χ1n) is 8.28. The van der Waals surface area contributed by atoms with E-state index in [1.807, 2.05) is 0 Å². The summed E-state index contributed by atoms with van der Waals surface area (Å²) in [6.07, 6.45) is 0.168. The van der Waals surface area contributed by atoms with E-state index in [0.717, 1.165) is 0 Å². The number of ether oxygens (including phenoxy) is 1. The molecule has 0 N–H and O–H groups in total. The van der Waals surface area contributed by atoms with Gasteiger partial charge in [0.15, 0.2) is 10.0 Å². The average molecular weight is 530 g/mol. The lowest BCUT2D eigenvalue weighted by Gasteiger charge is -2.42. The largest absolute Gasteiger partial charge is 0.480 e. The zero-order valence-corrected chi connectivity index (χ0v) is 17.0. The van der Waals surface area contributed by atoms with Crippen LogP contribution in [0.2, 0.25) is 0 Å². The Morgan fingerprint density at radius 3 is 1.78 bits per heavy atom. The standard InChI is InChI=1S/C12H13F9N3O6S2/c13-9(14,10(15,16)22-31(26,27)12(19,20)21)11(17,18)32(28,29)24-4-2-23(3-5-24)7-1-6-30-8(7)25/h7H,1-6H2/q-1. The monoisotopic (exact) mass is 530 g/mol. The van der Waals surface area contributed by atoms with Crippen LogP contribution in [0.1, 0.15) is 6.42 Å². The number of carbonyl (C=O) groups excluding carboxylic acids is 1. The summed E-state index contributed by atoms with van der Waals surface area (Å²) in [5.41, 5.74) is -6.64. The minimum atomic E-state index is -7.39. The molecule has 0 spiro atoms.